The maximum atomic E-state index is 11.9. The number of benzene rings is 1. The molecule has 1 aliphatic rings. The van der Waals surface area contributed by atoms with Crippen LogP contribution in [0.4, 0.5) is 0 Å². The van der Waals surface area contributed by atoms with Gasteiger partial charge in [0.2, 0.25) is 0 Å². The number of halogens is 2. The Hall–Kier alpha value is -0.810. The molecule has 0 saturated carbocycles. The van der Waals surface area contributed by atoms with Crippen molar-refractivity contribution in [3.63, 3.8) is 0 Å². The first kappa shape index (κ1) is 13.6. The van der Waals surface area contributed by atoms with Crippen molar-refractivity contribution in [3.8, 4) is 0 Å². The molecule has 0 aromatic heterocycles. The molecule has 2 rings (SSSR count). The fourth-order valence-corrected chi connectivity index (χ4v) is 1.95. The minimum absolute atomic E-state index is 0.00530. The molecule has 0 spiro atoms. The van der Waals surface area contributed by atoms with Crippen LogP contribution in [0.1, 0.15) is 10.4 Å². The topological polar surface area (TPSA) is 58.6 Å². The molecule has 0 atom stereocenters. The van der Waals surface area contributed by atoms with Crippen LogP contribution < -0.4 is 5.32 Å². The van der Waals surface area contributed by atoms with Crippen LogP contribution in [-0.2, 0) is 4.74 Å². The van der Waals surface area contributed by atoms with Gasteiger partial charge in [0.25, 0.3) is 5.91 Å². The number of amides is 1. The van der Waals surface area contributed by atoms with Crippen LogP contribution in [0.2, 0.25) is 10.0 Å². The number of aliphatic hydroxyl groups excluding tert-OH is 1. The molecule has 1 aromatic rings. The van der Waals surface area contributed by atoms with E-state index in [1.165, 1.54) is 6.07 Å². The molecule has 0 bridgehead atoms. The van der Waals surface area contributed by atoms with Gasteiger partial charge in [0.1, 0.15) is 0 Å². The summed E-state index contributed by atoms with van der Waals surface area (Å²) >= 11 is 11.6. The zero-order valence-electron chi connectivity index (χ0n) is 9.58. The monoisotopic (exact) mass is 289 g/mol. The van der Waals surface area contributed by atoms with Crippen LogP contribution in [0.3, 0.4) is 0 Å². The maximum absolute atomic E-state index is 11.9. The van der Waals surface area contributed by atoms with Crippen LogP contribution in [0.5, 0.6) is 0 Å². The van der Waals surface area contributed by atoms with E-state index in [0.29, 0.717) is 35.4 Å². The van der Waals surface area contributed by atoms with Crippen molar-refractivity contribution in [1.82, 2.24) is 5.32 Å². The molecule has 1 aliphatic heterocycles. The van der Waals surface area contributed by atoms with Crippen molar-refractivity contribution in [3.05, 3.63) is 33.8 Å². The predicted octanol–water partition coefficient (Wildman–Crippen LogP) is 1.73. The highest BCUT2D eigenvalue weighted by Gasteiger charge is 2.38. The lowest BCUT2D eigenvalue weighted by molar-refractivity contribution is -0.133. The smallest absolute Gasteiger partial charge is 0.251 e. The van der Waals surface area contributed by atoms with E-state index in [4.69, 9.17) is 27.9 Å². The van der Waals surface area contributed by atoms with Gasteiger partial charge in [-0.2, -0.15) is 0 Å². The first-order chi connectivity index (χ1) is 8.56. The molecular weight excluding hydrogens is 277 g/mol. The van der Waals surface area contributed by atoms with Gasteiger partial charge < -0.3 is 15.2 Å². The number of hydrogen-bond acceptors (Lipinski definition) is 3. The minimum atomic E-state index is -0.341. The Balaban J connectivity index is 1.97. The summed E-state index contributed by atoms with van der Waals surface area (Å²) in [6, 6.07) is 4.70. The number of hydrogen-bond donors (Lipinski definition) is 2. The fraction of sp³-hybridized carbons (Fsp3) is 0.417. The zero-order valence-corrected chi connectivity index (χ0v) is 11.1. The normalized spacial score (nSPS) is 17.1. The Bertz CT molecular complexity index is 455. The van der Waals surface area contributed by atoms with Gasteiger partial charge in [0, 0.05) is 12.1 Å². The molecule has 18 heavy (non-hydrogen) atoms. The Morgan fingerprint density at radius 3 is 2.61 bits per heavy atom. The largest absolute Gasteiger partial charge is 0.396 e. The molecule has 1 fully saturated rings. The second-order valence-corrected chi connectivity index (χ2v) is 5.28. The van der Waals surface area contributed by atoms with Gasteiger partial charge in [-0.05, 0) is 18.2 Å². The third kappa shape index (κ3) is 2.78. The summed E-state index contributed by atoms with van der Waals surface area (Å²) in [6.45, 7) is 1.30. The molecule has 1 aromatic carbocycles. The van der Waals surface area contributed by atoms with Gasteiger partial charge in [-0.1, -0.05) is 23.2 Å². The standard InChI is InChI=1S/C12H13Cl2NO3/c13-9-2-1-8(3-10(9)14)11(17)15-4-12(5-16)6-18-7-12/h1-3,16H,4-7H2,(H,15,17). The average molecular weight is 290 g/mol. The van der Waals surface area contributed by atoms with E-state index in [2.05, 4.69) is 5.32 Å². The summed E-state index contributed by atoms with van der Waals surface area (Å²) in [5, 5.41) is 12.7. The lowest BCUT2D eigenvalue weighted by Gasteiger charge is -2.39. The second kappa shape index (κ2) is 5.45. The number of ether oxygens (including phenoxy) is 1. The summed E-state index contributed by atoms with van der Waals surface area (Å²) < 4.78 is 5.05. The van der Waals surface area contributed by atoms with E-state index >= 15 is 0 Å². The van der Waals surface area contributed by atoms with Crippen molar-refractivity contribution >= 4 is 29.1 Å². The Morgan fingerprint density at radius 1 is 1.39 bits per heavy atom. The summed E-state index contributed by atoms with van der Waals surface area (Å²) in [7, 11) is 0. The van der Waals surface area contributed by atoms with Gasteiger partial charge in [-0.3, -0.25) is 4.79 Å². The molecule has 1 saturated heterocycles. The highest BCUT2D eigenvalue weighted by Crippen LogP contribution is 2.26. The third-order valence-electron chi connectivity index (χ3n) is 2.96. The first-order valence-corrected chi connectivity index (χ1v) is 6.24. The van der Waals surface area contributed by atoms with Crippen molar-refractivity contribution < 1.29 is 14.6 Å². The lowest BCUT2D eigenvalue weighted by Crippen LogP contribution is -2.53. The summed E-state index contributed by atoms with van der Waals surface area (Å²) in [6.07, 6.45) is 0. The molecule has 0 unspecified atom stereocenters. The predicted molar refractivity (Wildman–Crippen MR) is 69.1 cm³/mol. The number of aliphatic hydroxyl groups is 1. The van der Waals surface area contributed by atoms with Crippen LogP contribution >= 0.6 is 23.2 Å². The molecule has 1 heterocycles. The second-order valence-electron chi connectivity index (χ2n) is 4.46. The molecule has 6 heteroatoms. The average Bonchev–Trinajstić information content (AvgIpc) is 2.31. The molecule has 1 amide bonds. The summed E-state index contributed by atoms with van der Waals surface area (Å²) in [5.41, 5.74) is 0.101. The Labute approximate surface area is 115 Å². The van der Waals surface area contributed by atoms with Crippen molar-refractivity contribution in [1.29, 1.82) is 0 Å². The third-order valence-corrected chi connectivity index (χ3v) is 3.70. The van der Waals surface area contributed by atoms with Gasteiger partial charge in [0.15, 0.2) is 0 Å². The molecule has 0 radical (unpaired) electrons. The highest BCUT2D eigenvalue weighted by molar-refractivity contribution is 6.42. The lowest BCUT2D eigenvalue weighted by atomic mass is 9.87. The minimum Gasteiger partial charge on any atom is -0.396 e. The van der Waals surface area contributed by atoms with Crippen LogP contribution in [0, 0.1) is 5.41 Å². The maximum Gasteiger partial charge on any atom is 0.251 e. The fourth-order valence-electron chi connectivity index (χ4n) is 1.65. The van der Waals surface area contributed by atoms with Gasteiger partial charge in [-0.15, -0.1) is 0 Å². The van der Waals surface area contributed by atoms with Crippen molar-refractivity contribution in [2.24, 2.45) is 5.41 Å². The molecule has 4 nitrogen and oxygen atoms in total. The van der Waals surface area contributed by atoms with Crippen LogP contribution in [0.25, 0.3) is 0 Å². The van der Waals surface area contributed by atoms with E-state index in [1.54, 1.807) is 12.1 Å². The van der Waals surface area contributed by atoms with Crippen molar-refractivity contribution in [2.45, 2.75) is 0 Å². The van der Waals surface area contributed by atoms with Gasteiger partial charge in [-0.25, -0.2) is 0 Å². The zero-order chi connectivity index (χ0) is 13.2. The van der Waals surface area contributed by atoms with E-state index < -0.39 is 0 Å². The first-order valence-electron chi connectivity index (χ1n) is 5.48. The van der Waals surface area contributed by atoms with Crippen LogP contribution in [-0.4, -0.2) is 37.4 Å². The quantitative estimate of drug-likeness (QED) is 0.888. The molecule has 2 N–H and O–H groups in total. The highest BCUT2D eigenvalue weighted by atomic mass is 35.5. The van der Waals surface area contributed by atoms with E-state index in [9.17, 15) is 9.90 Å². The molecule has 0 aliphatic carbocycles. The summed E-state index contributed by atoms with van der Waals surface area (Å²) in [4.78, 5) is 11.9. The Kier molecular flexibility index (Phi) is 4.12. The number of carbonyl (C=O) groups excluding carboxylic acids is 1. The Morgan fingerprint density at radius 2 is 2.11 bits per heavy atom. The molecule has 98 valence electrons. The number of nitrogens with one attached hydrogen (secondary N) is 1. The SMILES string of the molecule is O=C(NCC1(CO)COC1)c1ccc(Cl)c(Cl)c1. The van der Waals surface area contributed by atoms with Gasteiger partial charge in [0.05, 0.1) is 35.3 Å². The number of rotatable bonds is 4. The van der Waals surface area contributed by atoms with E-state index in [-0.39, 0.29) is 17.9 Å². The summed E-state index contributed by atoms with van der Waals surface area (Å²) in [5.74, 6) is -0.242. The number of carbonyl (C=O) groups is 1. The van der Waals surface area contributed by atoms with Crippen molar-refractivity contribution in [2.75, 3.05) is 26.4 Å². The van der Waals surface area contributed by atoms with E-state index in [1.807, 2.05) is 0 Å². The van der Waals surface area contributed by atoms with Gasteiger partial charge >= 0.3 is 0 Å². The molecular formula is C12H13Cl2NO3. The van der Waals surface area contributed by atoms with Crippen LogP contribution in [0.15, 0.2) is 18.2 Å². The van der Waals surface area contributed by atoms with E-state index in [0.717, 1.165) is 0 Å².